The van der Waals surface area contributed by atoms with Crippen molar-refractivity contribution in [3.63, 3.8) is 0 Å². The molecule has 47 heavy (non-hydrogen) atoms. The first-order chi connectivity index (χ1) is 23.3. The normalized spacial score (nSPS) is 11.8. The van der Waals surface area contributed by atoms with Gasteiger partial charge in [-0.3, -0.25) is 4.98 Å². The van der Waals surface area contributed by atoms with E-state index in [0.717, 1.165) is 11.3 Å². The lowest BCUT2D eigenvalue weighted by Gasteiger charge is -2.18. The summed E-state index contributed by atoms with van der Waals surface area (Å²) in [6.07, 6.45) is 1.85. The Hall–Kier alpha value is -5.83. The quantitative estimate of drug-likeness (QED) is 0.180. The van der Waals surface area contributed by atoms with Crippen LogP contribution in [0.3, 0.4) is 0 Å². The lowest BCUT2D eigenvalue weighted by atomic mass is 9.85. The number of fused-ring (bicyclic) bond motifs is 3. The van der Waals surface area contributed by atoms with Gasteiger partial charge in [0.15, 0.2) is 0 Å². The number of hydrogen-bond acceptors (Lipinski definition) is 2. The predicted octanol–water partition coefficient (Wildman–Crippen LogP) is 13.0. The van der Waals surface area contributed by atoms with E-state index in [1.165, 1.54) is 85.9 Å². The molecule has 0 radical (unpaired) electrons. The van der Waals surface area contributed by atoms with E-state index in [4.69, 9.17) is 0 Å². The molecule has 2 aromatic heterocycles. The van der Waals surface area contributed by atoms with E-state index >= 15 is 0 Å². The minimum Gasteiger partial charge on any atom is -0.256 e. The summed E-state index contributed by atoms with van der Waals surface area (Å²) in [7, 11) is 0. The van der Waals surface area contributed by atoms with Crippen molar-refractivity contribution in [3.8, 4) is 44.6 Å². The van der Waals surface area contributed by atoms with Gasteiger partial charge in [0, 0.05) is 31.9 Å². The minimum atomic E-state index is 0.987. The van der Waals surface area contributed by atoms with Crippen LogP contribution in [-0.4, -0.2) is 4.98 Å². The Labute approximate surface area is 276 Å². The Morgan fingerprint density at radius 3 is 1.83 bits per heavy atom. The lowest BCUT2D eigenvalue weighted by Crippen LogP contribution is -1.91. The zero-order valence-corrected chi connectivity index (χ0v) is 26.3. The maximum absolute atomic E-state index is 4.58. The fourth-order valence-corrected chi connectivity index (χ4v) is 8.73. The van der Waals surface area contributed by atoms with Gasteiger partial charge in [-0.2, -0.15) is 0 Å². The molecule has 10 aromatic rings. The van der Waals surface area contributed by atoms with Crippen LogP contribution >= 0.6 is 11.3 Å². The number of nitrogens with zero attached hydrogens (tertiary/aromatic N) is 1. The lowest BCUT2D eigenvalue weighted by molar-refractivity contribution is 1.33. The number of hydrogen-bond donors (Lipinski definition) is 0. The van der Waals surface area contributed by atoms with Gasteiger partial charge in [0.05, 0.1) is 5.69 Å². The Morgan fingerprint density at radius 2 is 1.04 bits per heavy atom. The smallest absolute Gasteiger partial charge is 0.0701 e. The highest BCUT2D eigenvalue weighted by Gasteiger charge is 2.18. The van der Waals surface area contributed by atoms with Gasteiger partial charge in [0.2, 0.25) is 0 Å². The molecule has 0 saturated carbocycles. The molecule has 0 atom stereocenters. The van der Waals surface area contributed by atoms with Crippen LogP contribution in [0.25, 0.3) is 97.1 Å². The number of benzene rings is 8. The van der Waals surface area contributed by atoms with Gasteiger partial charge in [-0.05, 0) is 96.0 Å². The Bertz CT molecular complexity index is 2760. The molecule has 218 valence electrons. The monoisotopic (exact) mass is 613 g/mol. The standard InChI is InChI=1S/C45H27NS/c1-2-16-42-35(12-1)38-14-7-13-34(45(38)47-42)32-10-6-11-33(26-32)40-27-39(28-17-19-29(20-18-28)41-15-3-4-25-46-41)36-23-21-30-8-5-9-31-22-24-37(40)44(36)43(30)31/h1-27H. The maximum Gasteiger partial charge on any atom is 0.0701 e. The van der Waals surface area contributed by atoms with Crippen molar-refractivity contribution in [1.29, 1.82) is 0 Å². The Kier molecular flexibility index (Phi) is 5.81. The van der Waals surface area contributed by atoms with Crippen molar-refractivity contribution in [3.05, 3.63) is 164 Å². The second kappa shape index (κ2) is 10.3. The van der Waals surface area contributed by atoms with Crippen molar-refractivity contribution in [2.75, 3.05) is 0 Å². The molecule has 2 heterocycles. The number of thiophene rings is 1. The van der Waals surface area contributed by atoms with Gasteiger partial charge in [0.1, 0.15) is 0 Å². The van der Waals surface area contributed by atoms with Gasteiger partial charge in [-0.1, -0.05) is 127 Å². The van der Waals surface area contributed by atoms with Crippen LogP contribution in [0.2, 0.25) is 0 Å². The summed E-state index contributed by atoms with van der Waals surface area (Å²) in [5.41, 5.74) is 9.57. The second-order valence-corrected chi connectivity index (χ2v) is 13.4. The van der Waals surface area contributed by atoms with E-state index in [9.17, 15) is 0 Å². The average Bonchev–Trinajstić information content (AvgIpc) is 3.53. The molecular formula is C45H27NS. The molecule has 0 N–H and O–H groups in total. The molecule has 0 spiro atoms. The largest absolute Gasteiger partial charge is 0.256 e. The van der Waals surface area contributed by atoms with Crippen LogP contribution in [0.15, 0.2) is 164 Å². The zero-order valence-electron chi connectivity index (χ0n) is 25.4. The van der Waals surface area contributed by atoms with Crippen molar-refractivity contribution in [1.82, 2.24) is 4.98 Å². The third-order valence-corrected chi connectivity index (χ3v) is 10.9. The number of pyridine rings is 1. The summed E-state index contributed by atoms with van der Waals surface area (Å²) < 4.78 is 2.67. The van der Waals surface area contributed by atoms with Crippen molar-refractivity contribution >= 4 is 63.8 Å². The van der Waals surface area contributed by atoms with E-state index in [1.807, 2.05) is 29.7 Å². The Morgan fingerprint density at radius 1 is 0.383 bits per heavy atom. The zero-order chi connectivity index (χ0) is 30.9. The highest BCUT2D eigenvalue weighted by Crippen LogP contribution is 2.45. The molecular weight excluding hydrogens is 587 g/mol. The van der Waals surface area contributed by atoms with Crippen LogP contribution in [-0.2, 0) is 0 Å². The SMILES string of the molecule is c1ccc(-c2ccc(-c3cc(-c4cccc(-c5cccc6c5sc5ccccc56)c4)c4ccc5cccc6ccc3c4c65)cc2)nc1. The average molecular weight is 614 g/mol. The van der Waals surface area contributed by atoms with Crippen LogP contribution in [0.1, 0.15) is 0 Å². The first-order valence-electron chi connectivity index (χ1n) is 16.0. The third kappa shape index (κ3) is 4.12. The fraction of sp³-hybridized carbons (Fsp3) is 0. The van der Waals surface area contributed by atoms with Crippen LogP contribution < -0.4 is 0 Å². The molecule has 0 amide bonds. The van der Waals surface area contributed by atoms with E-state index in [2.05, 4.69) is 151 Å². The van der Waals surface area contributed by atoms with Gasteiger partial charge in [-0.15, -0.1) is 11.3 Å². The molecule has 0 unspecified atom stereocenters. The molecule has 0 fully saturated rings. The van der Waals surface area contributed by atoms with E-state index in [-0.39, 0.29) is 0 Å². The third-order valence-electron chi connectivity index (χ3n) is 9.69. The number of rotatable bonds is 4. The second-order valence-electron chi connectivity index (χ2n) is 12.3. The molecule has 0 aliphatic carbocycles. The van der Waals surface area contributed by atoms with Crippen LogP contribution in [0.4, 0.5) is 0 Å². The molecule has 0 aliphatic heterocycles. The fourth-order valence-electron chi connectivity index (χ4n) is 7.49. The summed E-state index contributed by atoms with van der Waals surface area (Å²) in [6.45, 7) is 0. The highest BCUT2D eigenvalue weighted by molar-refractivity contribution is 7.26. The van der Waals surface area contributed by atoms with Gasteiger partial charge in [-0.25, -0.2) is 0 Å². The summed E-state index contributed by atoms with van der Waals surface area (Å²) >= 11 is 1.89. The van der Waals surface area contributed by atoms with Crippen molar-refractivity contribution < 1.29 is 0 Å². The summed E-state index contributed by atoms with van der Waals surface area (Å²) in [5, 5.41) is 10.4. The molecule has 0 aliphatic rings. The maximum atomic E-state index is 4.58. The van der Waals surface area contributed by atoms with Gasteiger partial charge >= 0.3 is 0 Å². The van der Waals surface area contributed by atoms with Crippen molar-refractivity contribution in [2.24, 2.45) is 0 Å². The first-order valence-corrected chi connectivity index (χ1v) is 16.9. The first kappa shape index (κ1) is 26.4. The van der Waals surface area contributed by atoms with Gasteiger partial charge < -0.3 is 0 Å². The van der Waals surface area contributed by atoms with E-state index in [0.29, 0.717) is 0 Å². The Balaban J connectivity index is 1.21. The molecule has 2 heteroatoms. The molecule has 1 nitrogen and oxygen atoms in total. The summed E-state index contributed by atoms with van der Waals surface area (Å²) in [6, 6.07) is 57.8. The van der Waals surface area contributed by atoms with E-state index < -0.39 is 0 Å². The van der Waals surface area contributed by atoms with Crippen LogP contribution in [0.5, 0.6) is 0 Å². The topological polar surface area (TPSA) is 12.9 Å². The molecule has 10 rings (SSSR count). The van der Waals surface area contributed by atoms with E-state index in [1.54, 1.807) is 0 Å². The number of aromatic nitrogens is 1. The van der Waals surface area contributed by atoms with Crippen molar-refractivity contribution in [2.45, 2.75) is 0 Å². The predicted molar refractivity (Wildman–Crippen MR) is 203 cm³/mol. The highest BCUT2D eigenvalue weighted by atomic mass is 32.1. The molecule has 0 bridgehead atoms. The molecule has 8 aromatic carbocycles. The minimum absolute atomic E-state index is 0.987. The summed E-state index contributed by atoms with van der Waals surface area (Å²) in [5.74, 6) is 0. The summed E-state index contributed by atoms with van der Waals surface area (Å²) in [4.78, 5) is 4.58. The van der Waals surface area contributed by atoms with Gasteiger partial charge in [0.25, 0.3) is 0 Å². The molecule has 0 saturated heterocycles. The van der Waals surface area contributed by atoms with Crippen LogP contribution in [0, 0.1) is 0 Å².